The molecule has 7 heteroatoms. The molecule has 0 aromatic rings. The first kappa shape index (κ1) is 9.56. The highest BCUT2D eigenvalue weighted by Crippen LogP contribution is 2.17. The molecule has 0 saturated carbocycles. The number of hydrazine groups is 1. The highest BCUT2D eigenvalue weighted by Gasteiger charge is 2.33. The van der Waals surface area contributed by atoms with Gasteiger partial charge >= 0.3 is 5.97 Å². The normalized spacial score (nSPS) is 24.5. The molecule has 1 aliphatic rings. The molecule has 1 rings (SSSR count). The van der Waals surface area contributed by atoms with Gasteiger partial charge in [-0.15, -0.1) is 5.01 Å². The number of carboxylic acids is 1. The van der Waals surface area contributed by atoms with E-state index in [-0.39, 0.29) is 11.5 Å². The van der Waals surface area contributed by atoms with Crippen molar-refractivity contribution in [3.63, 3.8) is 0 Å². The van der Waals surface area contributed by atoms with E-state index in [1.807, 2.05) is 0 Å². The fourth-order valence-corrected chi connectivity index (χ4v) is 1.42. The molecular formula is C6H10N3O4-. The van der Waals surface area contributed by atoms with Gasteiger partial charge in [-0.3, -0.25) is 0 Å². The Bertz CT molecular complexity index is 230. The van der Waals surface area contributed by atoms with Gasteiger partial charge in [-0.25, -0.2) is 4.79 Å². The Morgan fingerprint density at radius 1 is 1.62 bits per heavy atom. The summed E-state index contributed by atoms with van der Waals surface area (Å²) in [7, 11) is 0. The molecule has 0 aliphatic carbocycles. The van der Waals surface area contributed by atoms with Gasteiger partial charge in [-0.2, -0.15) is 0 Å². The van der Waals surface area contributed by atoms with Crippen LogP contribution in [0.15, 0.2) is 5.28 Å². The number of hydrogen-bond acceptors (Lipinski definition) is 4. The molecule has 1 unspecified atom stereocenters. The molecule has 1 heterocycles. The summed E-state index contributed by atoms with van der Waals surface area (Å²) in [4.78, 5) is 10.5. The molecule has 0 radical (unpaired) electrons. The van der Waals surface area contributed by atoms with Gasteiger partial charge in [0.15, 0.2) is 6.04 Å². The average Bonchev–Trinajstić information content (AvgIpc) is 2.16. The van der Waals surface area contributed by atoms with Crippen LogP contribution in [0, 0.1) is 10.4 Å². The second-order valence-electron chi connectivity index (χ2n) is 2.85. The standard InChI is InChI=1S/C6H11N3O4/c10-6(11)5-3-1-2-4-8(5)9(13)7-12/h5,12H,1-4H2,(H,10,11)/p-1/b9-7-. The van der Waals surface area contributed by atoms with Gasteiger partial charge in [0.05, 0.1) is 6.54 Å². The second-order valence-corrected chi connectivity index (χ2v) is 2.85. The minimum Gasteiger partial charge on any atom is -0.737 e. The molecule has 0 amide bonds. The van der Waals surface area contributed by atoms with Gasteiger partial charge in [0, 0.05) is 4.97 Å². The van der Waals surface area contributed by atoms with E-state index >= 15 is 0 Å². The summed E-state index contributed by atoms with van der Waals surface area (Å²) < 4.78 is 0. The number of carboxylic acid groups (broad SMARTS) is 1. The Balaban J connectivity index is 2.73. The fourth-order valence-electron chi connectivity index (χ4n) is 1.42. The van der Waals surface area contributed by atoms with Crippen LogP contribution >= 0.6 is 0 Å². The summed E-state index contributed by atoms with van der Waals surface area (Å²) >= 11 is 0. The molecule has 1 atom stereocenters. The van der Waals surface area contributed by atoms with Gasteiger partial charge in [-0.05, 0) is 24.5 Å². The van der Waals surface area contributed by atoms with E-state index < -0.39 is 12.0 Å². The summed E-state index contributed by atoms with van der Waals surface area (Å²) in [6.07, 6.45) is 1.84. The first-order valence-electron chi connectivity index (χ1n) is 3.96. The molecule has 74 valence electrons. The third-order valence-electron chi connectivity index (χ3n) is 2.05. The van der Waals surface area contributed by atoms with Gasteiger partial charge in [0.25, 0.3) is 0 Å². The third-order valence-corrected chi connectivity index (χ3v) is 2.05. The Kier molecular flexibility index (Phi) is 2.88. The zero-order valence-corrected chi connectivity index (χ0v) is 6.92. The van der Waals surface area contributed by atoms with Crippen molar-refractivity contribution in [2.45, 2.75) is 25.3 Å². The van der Waals surface area contributed by atoms with Gasteiger partial charge < -0.3 is 15.5 Å². The van der Waals surface area contributed by atoms with Gasteiger partial charge in [0.1, 0.15) is 0 Å². The van der Waals surface area contributed by atoms with Crippen LogP contribution in [0.3, 0.4) is 0 Å². The molecule has 1 aliphatic heterocycles. The molecule has 1 N–H and O–H groups in total. The minimum absolute atomic E-state index is 0.183. The summed E-state index contributed by atoms with van der Waals surface area (Å²) in [5, 5.41) is 32.4. The lowest BCUT2D eigenvalue weighted by Gasteiger charge is -2.28. The van der Waals surface area contributed by atoms with E-state index in [9.17, 15) is 15.2 Å². The average molecular weight is 188 g/mol. The van der Waals surface area contributed by atoms with E-state index in [1.54, 1.807) is 0 Å². The number of rotatable bonds is 2. The molecule has 0 aromatic heterocycles. The maximum absolute atomic E-state index is 10.8. The molecule has 1 saturated heterocycles. The van der Waals surface area contributed by atoms with E-state index in [2.05, 4.69) is 5.28 Å². The zero-order chi connectivity index (χ0) is 9.84. The molecule has 0 aromatic carbocycles. The molecule has 7 nitrogen and oxygen atoms in total. The molecule has 0 bridgehead atoms. The highest BCUT2D eigenvalue weighted by molar-refractivity contribution is 5.73. The van der Waals surface area contributed by atoms with Crippen molar-refractivity contribution >= 4 is 5.97 Å². The zero-order valence-electron chi connectivity index (χ0n) is 6.92. The second kappa shape index (κ2) is 3.92. The molecule has 1 fully saturated rings. The quantitative estimate of drug-likeness (QED) is 0.381. The van der Waals surface area contributed by atoms with Crippen molar-refractivity contribution in [1.29, 1.82) is 0 Å². The van der Waals surface area contributed by atoms with E-state index in [0.29, 0.717) is 12.8 Å². The predicted octanol–water partition coefficient (Wildman–Crippen LogP) is 0.301. The number of aliphatic carboxylic acids is 1. The lowest BCUT2D eigenvalue weighted by Crippen LogP contribution is -2.47. The summed E-state index contributed by atoms with van der Waals surface area (Å²) in [5.74, 6) is -1.09. The van der Waals surface area contributed by atoms with Gasteiger partial charge in [-0.1, -0.05) is 0 Å². The topological polar surface area (TPSA) is 102 Å². The third kappa shape index (κ3) is 1.98. The maximum atomic E-state index is 10.8. The van der Waals surface area contributed by atoms with Crippen LogP contribution in [0.1, 0.15) is 19.3 Å². The van der Waals surface area contributed by atoms with E-state index in [4.69, 9.17) is 5.11 Å². The van der Waals surface area contributed by atoms with Crippen LogP contribution in [-0.4, -0.2) is 33.6 Å². The van der Waals surface area contributed by atoms with Crippen molar-refractivity contribution in [3.05, 3.63) is 10.4 Å². The maximum Gasteiger partial charge on any atom is 0.332 e. The number of hydrogen-bond donors (Lipinski definition) is 1. The van der Waals surface area contributed by atoms with Crippen molar-refractivity contribution in [1.82, 2.24) is 5.01 Å². The number of carbonyl (C=O) groups is 1. The Morgan fingerprint density at radius 2 is 2.31 bits per heavy atom. The predicted molar refractivity (Wildman–Crippen MR) is 41.4 cm³/mol. The van der Waals surface area contributed by atoms with E-state index in [0.717, 1.165) is 11.4 Å². The molecular weight excluding hydrogens is 178 g/mol. The monoisotopic (exact) mass is 188 g/mol. The number of nitrogens with zero attached hydrogens (tertiary/aromatic N) is 3. The van der Waals surface area contributed by atoms with Crippen LogP contribution in [0.2, 0.25) is 0 Å². The minimum atomic E-state index is -1.09. The van der Waals surface area contributed by atoms with Crippen molar-refractivity contribution in [2.75, 3.05) is 6.54 Å². The number of piperidine rings is 1. The van der Waals surface area contributed by atoms with Crippen LogP contribution < -0.4 is 0 Å². The Morgan fingerprint density at radius 3 is 2.85 bits per heavy atom. The highest BCUT2D eigenvalue weighted by atomic mass is 16.6. The smallest absolute Gasteiger partial charge is 0.332 e. The largest absolute Gasteiger partial charge is 0.737 e. The Hall–Kier alpha value is -1.53. The summed E-state index contributed by atoms with van der Waals surface area (Å²) in [5.41, 5.74) is 0. The van der Waals surface area contributed by atoms with Crippen molar-refractivity contribution < 1.29 is 14.9 Å². The van der Waals surface area contributed by atoms with Crippen LogP contribution in [0.5, 0.6) is 0 Å². The van der Waals surface area contributed by atoms with Crippen LogP contribution in [0.4, 0.5) is 0 Å². The van der Waals surface area contributed by atoms with Crippen LogP contribution in [-0.2, 0) is 4.79 Å². The summed E-state index contributed by atoms with van der Waals surface area (Å²) in [6.45, 7) is 0.270. The lowest BCUT2D eigenvalue weighted by atomic mass is 10.0. The fraction of sp³-hybridized carbons (Fsp3) is 0.833. The first-order valence-corrected chi connectivity index (χ1v) is 3.96. The molecule has 0 spiro atoms. The SMILES string of the molecule is O=C(O)C1CCCCN1/[N+]([O-])=N/[O-]. The Labute approximate surface area is 74.4 Å². The van der Waals surface area contributed by atoms with Crippen molar-refractivity contribution in [2.24, 2.45) is 5.28 Å². The lowest BCUT2D eigenvalue weighted by molar-refractivity contribution is -0.697. The molecule has 13 heavy (non-hydrogen) atoms. The van der Waals surface area contributed by atoms with E-state index in [1.165, 1.54) is 0 Å². The van der Waals surface area contributed by atoms with Crippen LogP contribution in [0.25, 0.3) is 0 Å². The summed E-state index contributed by atoms with van der Waals surface area (Å²) in [6, 6.07) is -0.913. The van der Waals surface area contributed by atoms with Crippen molar-refractivity contribution in [3.8, 4) is 0 Å². The van der Waals surface area contributed by atoms with Gasteiger partial charge in [0.2, 0.25) is 0 Å². The first-order chi connectivity index (χ1) is 6.16.